The molecule has 0 saturated heterocycles. The van der Waals surface area contributed by atoms with E-state index in [1.807, 2.05) is 65.2 Å². The van der Waals surface area contributed by atoms with E-state index in [9.17, 15) is 0 Å². The Morgan fingerprint density at radius 2 is 1.42 bits per heavy atom. The number of para-hydroxylation sites is 5. The summed E-state index contributed by atoms with van der Waals surface area (Å²) in [5.74, 6) is 1.31. The number of anilines is 3. The van der Waals surface area contributed by atoms with Gasteiger partial charge in [-0.2, -0.15) is 9.44 Å². The molecule has 0 spiro atoms. The summed E-state index contributed by atoms with van der Waals surface area (Å²) in [5, 5.41) is 9.75. The summed E-state index contributed by atoms with van der Waals surface area (Å²) in [4.78, 5) is 29.7. The van der Waals surface area contributed by atoms with Gasteiger partial charge in [0.1, 0.15) is 11.6 Å². The van der Waals surface area contributed by atoms with E-state index in [0.717, 1.165) is 82.5 Å². The van der Waals surface area contributed by atoms with Crippen molar-refractivity contribution < 1.29 is 4.84 Å². The monoisotopic (exact) mass is 707 g/mol. The minimum Gasteiger partial charge on any atom is -0.376 e. The summed E-state index contributed by atoms with van der Waals surface area (Å²) in [6.45, 7) is 0. The molecule has 246 valence electrons. The van der Waals surface area contributed by atoms with Crippen LogP contribution in [0.4, 0.5) is 17.2 Å². The van der Waals surface area contributed by atoms with Crippen LogP contribution < -0.4 is 10.4 Å². The van der Waals surface area contributed by atoms with Crippen molar-refractivity contribution in [2.75, 3.05) is 10.4 Å². The van der Waals surface area contributed by atoms with Gasteiger partial charge in [-0.3, -0.25) is 4.98 Å². The molecule has 0 fully saturated rings. The molecule has 6 heterocycles. The van der Waals surface area contributed by atoms with E-state index in [-0.39, 0.29) is 0 Å². The molecule has 5 aromatic carbocycles. The van der Waals surface area contributed by atoms with E-state index in [2.05, 4.69) is 84.2 Å². The van der Waals surface area contributed by atoms with Gasteiger partial charge >= 0.3 is 0 Å². The molecule has 11 rings (SSSR count). The standard InChI is InChI=1S/C42H25N7OS2/c1-2-12-29-28(11-1)44-32-14-5-10-27(39(32)45-29)42-36(31-21-23-51-48-31)41(26-9-6-16-34-40(26)46-30-13-3-4-15-33(30)52-34)49(50-42)35-20-19-25-18-17-24-8-7-22-43-37(24)38(25)47-35/h1-23,41,46H. The van der Waals surface area contributed by atoms with Crippen LogP contribution in [0, 0.1) is 0 Å². The van der Waals surface area contributed by atoms with Gasteiger partial charge in [0.25, 0.3) is 0 Å². The predicted octanol–water partition coefficient (Wildman–Crippen LogP) is 10.6. The van der Waals surface area contributed by atoms with Crippen molar-refractivity contribution in [2.45, 2.75) is 15.8 Å². The molecule has 0 saturated carbocycles. The van der Waals surface area contributed by atoms with Gasteiger partial charge in [-0.25, -0.2) is 15.0 Å². The van der Waals surface area contributed by atoms with Crippen LogP contribution in [0.25, 0.3) is 55.2 Å². The summed E-state index contributed by atoms with van der Waals surface area (Å²) < 4.78 is 4.93. The molecular weight excluding hydrogens is 683 g/mol. The zero-order valence-corrected chi connectivity index (χ0v) is 28.9. The highest BCUT2D eigenvalue weighted by molar-refractivity contribution is 7.99. The third kappa shape index (κ3) is 4.58. The zero-order valence-electron chi connectivity index (χ0n) is 27.3. The number of aromatic nitrogens is 5. The van der Waals surface area contributed by atoms with E-state index in [1.165, 1.54) is 16.4 Å². The fourth-order valence-corrected chi connectivity index (χ4v) is 8.83. The first-order valence-corrected chi connectivity index (χ1v) is 18.5. The first kappa shape index (κ1) is 29.4. The second-order valence-corrected chi connectivity index (χ2v) is 14.4. The van der Waals surface area contributed by atoms with Gasteiger partial charge in [0.2, 0.25) is 0 Å². The van der Waals surface area contributed by atoms with Crippen molar-refractivity contribution in [1.29, 1.82) is 0 Å². The molecule has 0 bridgehead atoms. The summed E-state index contributed by atoms with van der Waals surface area (Å²) in [6.07, 6.45) is 1.81. The molecule has 8 nitrogen and oxygen atoms in total. The number of nitrogens with zero attached hydrogens (tertiary/aromatic N) is 6. The molecule has 2 aliphatic heterocycles. The van der Waals surface area contributed by atoms with Crippen LogP contribution in [0.1, 0.15) is 22.9 Å². The highest BCUT2D eigenvalue weighted by atomic mass is 32.2. The molecule has 0 amide bonds. The van der Waals surface area contributed by atoms with Crippen molar-refractivity contribution in [3.05, 3.63) is 156 Å². The molecule has 1 N–H and O–H groups in total. The molecule has 9 aromatic rings. The summed E-state index contributed by atoms with van der Waals surface area (Å²) >= 11 is 3.18. The lowest BCUT2D eigenvalue weighted by molar-refractivity contribution is 0.245. The number of rotatable bonds is 4. The van der Waals surface area contributed by atoms with Crippen LogP contribution in [-0.2, 0) is 4.84 Å². The number of hydrogen-bond acceptors (Lipinski definition) is 10. The second kappa shape index (κ2) is 11.6. The molecule has 4 aromatic heterocycles. The summed E-state index contributed by atoms with van der Waals surface area (Å²) in [7, 11) is 0. The highest BCUT2D eigenvalue weighted by Gasteiger charge is 2.42. The average Bonchev–Trinajstić information content (AvgIpc) is 3.87. The van der Waals surface area contributed by atoms with Gasteiger partial charge in [0, 0.05) is 43.3 Å². The van der Waals surface area contributed by atoms with Crippen molar-refractivity contribution in [3.63, 3.8) is 0 Å². The maximum atomic E-state index is 7.17. The Hall–Kier alpha value is -6.36. The van der Waals surface area contributed by atoms with Crippen LogP contribution in [-0.4, -0.2) is 24.3 Å². The topological polar surface area (TPSA) is 89.0 Å². The molecule has 0 radical (unpaired) electrons. The van der Waals surface area contributed by atoms with Gasteiger partial charge < -0.3 is 10.2 Å². The van der Waals surface area contributed by atoms with Crippen LogP contribution in [0.2, 0.25) is 0 Å². The number of fused-ring (bicyclic) bond motifs is 7. The van der Waals surface area contributed by atoms with Gasteiger partial charge in [0.05, 0.1) is 50.2 Å². The fourth-order valence-electron chi connectivity index (χ4n) is 7.27. The minimum atomic E-state index is -0.443. The van der Waals surface area contributed by atoms with Crippen LogP contribution >= 0.6 is 23.3 Å². The van der Waals surface area contributed by atoms with E-state index in [1.54, 1.807) is 11.8 Å². The smallest absolute Gasteiger partial charge is 0.172 e. The first-order valence-electron chi connectivity index (χ1n) is 16.9. The Balaban J connectivity index is 1.19. The Bertz CT molecular complexity index is 2930. The lowest BCUT2D eigenvalue weighted by Gasteiger charge is -2.30. The zero-order chi connectivity index (χ0) is 34.2. The summed E-state index contributed by atoms with van der Waals surface area (Å²) in [5.41, 5.74) is 10.5. The van der Waals surface area contributed by atoms with Crippen molar-refractivity contribution in [2.24, 2.45) is 0 Å². The predicted molar refractivity (Wildman–Crippen MR) is 210 cm³/mol. The number of nitrogens with one attached hydrogen (secondary N) is 1. The quantitative estimate of drug-likeness (QED) is 0.142. The maximum Gasteiger partial charge on any atom is 0.172 e. The molecule has 0 aliphatic carbocycles. The van der Waals surface area contributed by atoms with E-state index < -0.39 is 6.04 Å². The molecule has 2 aliphatic rings. The fraction of sp³-hybridized carbons (Fsp3) is 0.0238. The van der Waals surface area contributed by atoms with Crippen LogP contribution in [0.5, 0.6) is 0 Å². The molecule has 52 heavy (non-hydrogen) atoms. The van der Waals surface area contributed by atoms with Gasteiger partial charge in [-0.1, -0.05) is 72.4 Å². The maximum absolute atomic E-state index is 7.17. The number of benzene rings is 5. The second-order valence-electron chi connectivity index (χ2n) is 12.7. The molecular formula is C42H25N7OS2. The van der Waals surface area contributed by atoms with Crippen molar-refractivity contribution >= 4 is 95.7 Å². The number of hydrogen-bond donors (Lipinski definition) is 1. The number of pyridine rings is 2. The van der Waals surface area contributed by atoms with E-state index >= 15 is 0 Å². The highest BCUT2D eigenvalue weighted by Crippen LogP contribution is 2.54. The van der Waals surface area contributed by atoms with Gasteiger partial charge in [-0.05, 0) is 78.3 Å². The van der Waals surface area contributed by atoms with Gasteiger partial charge in [-0.15, -0.1) is 0 Å². The van der Waals surface area contributed by atoms with Crippen LogP contribution in [0.15, 0.2) is 149 Å². The van der Waals surface area contributed by atoms with E-state index in [0.29, 0.717) is 11.6 Å². The first-order chi connectivity index (χ1) is 25.8. The van der Waals surface area contributed by atoms with Crippen LogP contribution in [0.3, 0.4) is 0 Å². The van der Waals surface area contributed by atoms with Gasteiger partial charge in [0.15, 0.2) is 11.6 Å². The van der Waals surface area contributed by atoms with Crippen molar-refractivity contribution in [1.82, 2.24) is 24.3 Å². The lowest BCUT2D eigenvalue weighted by Crippen LogP contribution is -2.25. The molecule has 10 heteroatoms. The Kier molecular flexibility index (Phi) is 6.55. The summed E-state index contributed by atoms with van der Waals surface area (Å²) in [6, 6.07) is 42.8. The molecule has 1 unspecified atom stereocenters. The SMILES string of the molecule is c1ccc2c(c1)Nc1c(cccc1C1C(c3ccsn3)=C(c3cccc4nc5ccccc5nc34)ON1c1ccc3ccc4cccnc4c3n1)S2. The van der Waals surface area contributed by atoms with Crippen molar-refractivity contribution in [3.8, 4) is 0 Å². The van der Waals surface area contributed by atoms with E-state index in [4.69, 9.17) is 29.1 Å². The Labute approximate surface area is 305 Å². The number of hydroxylamine groups is 1. The normalized spacial score (nSPS) is 15.2. The molecule has 1 atom stereocenters. The Morgan fingerprint density at radius 1 is 0.635 bits per heavy atom. The Morgan fingerprint density at radius 3 is 2.33 bits per heavy atom. The third-order valence-corrected chi connectivity index (χ3v) is 11.3. The largest absolute Gasteiger partial charge is 0.376 e. The minimum absolute atomic E-state index is 0.443. The third-order valence-electron chi connectivity index (χ3n) is 9.63. The lowest BCUT2D eigenvalue weighted by atomic mass is 9.92. The average molecular weight is 708 g/mol.